The van der Waals surface area contributed by atoms with Crippen molar-refractivity contribution < 1.29 is 10.2 Å². The molecule has 0 saturated carbocycles. The summed E-state index contributed by atoms with van der Waals surface area (Å²) in [6.45, 7) is 4.34. The average molecular weight is 429 g/mol. The summed E-state index contributed by atoms with van der Waals surface area (Å²) in [5, 5.41) is 20.2. The van der Waals surface area contributed by atoms with Crippen molar-refractivity contribution in [2.75, 3.05) is 0 Å². The maximum Gasteiger partial charge on any atom is 0.124 e. The number of unbranched alkanes of at least 4 members (excludes halogenated alkanes) is 2. The molecule has 4 heteroatoms. The number of hydrogen-bond donors (Lipinski definition) is 2. The van der Waals surface area contributed by atoms with Gasteiger partial charge in [-0.2, -0.15) is 0 Å². The predicted octanol–water partition coefficient (Wildman–Crippen LogP) is 7.28. The van der Waals surface area contributed by atoms with E-state index in [4.69, 9.17) is 0 Å². The van der Waals surface area contributed by atoms with Gasteiger partial charge in [-0.1, -0.05) is 38.8 Å². The van der Waals surface area contributed by atoms with Crippen LogP contribution < -0.4 is 0 Å². The minimum atomic E-state index is 0.233. The van der Waals surface area contributed by atoms with E-state index in [-0.39, 0.29) is 11.5 Å². The van der Waals surface area contributed by atoms with Gasteiger partial charge in [0.15, 0.2) is 0 Å². The zero-order valence-corrected chi connectivity index (χ0v) is 19.0. The molecule has 3 aromatic carbocycles. The van der Waals surface area contributed by atoms with E-state index in [1.54, 1.807) is 24.6 Å². The van der Waals surface area contributed by atoms with Gasteiger partial charge < -0.3 is 10.2 Å². The number of nitrogens with zero attached hydrogens (tertiary/aromatic N) is 2. The summed E-state index contributed by atoms with van der Waals surface area (Å²) in [6.07, 6.45) is 9.94. The first kappa shape index (κ1) is 23.3. The molecule has 2 N–H and O–H groups in total. The summed E-state index contributed by atoms with van der Waals surface area (Å²) in [6, 6.07) is 18.9. The Balaban J connectivity index is 1.68. The monoisotopic (exact) mass is 428 g/mol. The Labute approximate surface area is 191 Å². The molecule has 0 bridgehead atoms. The zero-order chi connectivity index (χ0) is 22.8. The normalized spacial score (nSPS) is 11.6. The molecule has 4 nitrogen and oxygen atoms in total. The van der Waals surface area contributed by atoms with Crippen molar-refractivity contribution in [3.63, 3.8) is 0 Å². The third-order valence-electron chi connectivity index (χ3n) is 5.38. The van der Waals surface area contributed by atoms with Crippen molar-refractivity contribution in [2.45, 2.75) is 52.4 Å². The SMILES string of the molecule is CCCCc1ccc(O)c(C=Nc2ccc(N=Cc3cc(CCCC)ccc3O)cc2)c1. The molecule has 0 heterocycles. The highest BCUT2D eigenvalue weighted by molar-refractivity contribution is 5.86. The van der Waals surface area contributed by atoms with Crippen LogP contribution in [0.15, 0.2) is 70.6 Å². The van der Waals surface area contributed by atoms with Crippen molar-refractivity contribution >= 4 is 23.8 Å². The Kier molecular flexibility index (Phi) is 8.61. The predicted molar refractivity (Wildman–Crippen MR) is 134 cm³/mol. The first-order valence-corrected chi connectivity index (χ1v) is 11.4. The molecule has 0 spiro atoms. The molecule has 0 atom stereocenters. The molecule has 32 heavy (non-hydrogen) atoms. The van der Waals surface area contributed by atoms with Crippen LogP contribution in [0, 0.1) is 0 Å². The highest BCUT2D eigenvalue weighted by atomic mass is 16.3. The lowest BCUT2D eigenvalue weighted by Gasteiger charge is -2.04. The van der Waals surface area contributed by atoms with Gasteiger partial charge in [0, 0.05) is 23.6 Å². The first-order chi connectivity index (χ1) is 15.6. The van der Waals surface area contributed by atoms with Crippen LogP contribution in [0.2, 0.25) is 0 Å². The van der Waals surface area contributed by atoms with Gasteiger partial charge in [-0.3, -0.25) is 9.98 Å². The molecule has 0 fully saturated rings. The van der Waals surface area contributed by atoms with E-state index in [9.17, 15) is 10.2 Å². The van der Waals surface area contributed by atoms with Gasteiger partial charge in [-0.15, -0.1) is 0 Å². The molecule has 0 unspecified atom stereocenters. The van der Waals surface area contributed by atoms with Crippen molar-refractivity contribution in [1.29, 1.82) is 0 Å². The summed E-state index contributed by atoms with van der Waals surface area (Å²) in [5.74, 6) is 0.465. The Morgan fingerprint density at radius 2 is 1.03 bits per heavy atom. The molecule has 166 valence electrons. The number of phenolic OH excluding ortho intramolecular Hbond substituents is 2. The smallest absolute Gasteiger partial charge is 0.124 e. The van der Waals surface area contributed by atoms with Crippen LogP contribution in [-0.2, 0) is 12.8 Å². The average Bonchev–Trinajstić information content (AvgIpc) is 2.82. The van der Waals surface area contributed by atoms with Crippen LogP contribution in [0.5, 0.6) is 11.5 Å². The van der Waals surface area contributed by atoms with E-state index in [2.05, 4.69) is 23.8 Å². The third-order valence-corrected chi connectivity index (χ3v) is 5.38. The van der Waals surface area contributed by atoms with E-state index in [1.165, 1.54) is 11.1 Å². The fraction of sp³-hybridized carbons (Fsp3) is 0.286. The Hall–Kier alpha value is -3.40. The lowest BCUT2D eigenvalue weighted by atomic mass is 10.1. The molecule has 0 radical (unpaired) electrons. The Morgan fingerprint density at radius 1 is 0.625 bits per heavy atom. The summed E-state index contributed by atoms with van der Waals surface area (Å²) in [4.78, 5) is 8.99. The van der Waals surface area contributed by atoms with Crippen molar-refractivity contribution in [3.8, 4) is 11.5 Å². The fourth-order valence-electron chi connectivity index (χ4n) is 3.40. The van der Waals surface area contributed by atoms with Crippen LogP contribution in [0.1, 0.15) is 61.8 Å². The molecular formula is C28H32N2O2. The lowest BCUT2D eigenvalue weighted by molar-refractivity contribution is 0.473. The summed E-state index contributed by atoms with van der Waals surface area (Å²) in [5.41, 5.74) is 5.42. The van der Waals surface area contributed by atoms with Gasteiger partial charge in [0.1, 0.15) is 11.5 Å². The van der Waals surface area contributed by atoms with Gasteiger partial charge in [0.2, 0.25) is 0 Å². The molecule has 0 aliphatic heterocycles. The number of hydrogen-bond acceptors (Lipinski definition) is 4. The minimum Gasteiger partial charge on any atom is -0.507 e. The highest BCUT2D eigenvalue weighted by Gasteiger charge is 2.02. The van der Waals surface area contributed by atoms with Crippen LogP contribution in [0.25, 0.3) is 0 Å². The van der Waals surface area contributed by atoms with Crippen molar-refractivity contribution in [3.05, 3.63) is 82.9 Å². The molecule has 3 aromatic rings. The largest absolute Gasteiger partial charge is 0.507 e. The van der Waals surface area contributed by atoms with Crippen molar-refractivity contribution in [2.24, 2.45) is 9.98 Å². The molecule has 0 aromatic heterocycles. The maximum absolute atomic E-state index is 10.1. The number of aromatic hydroxyl groups is 2. The first-order valence-electron chi connectivity index (χ1n) is 11.4. The molecule has 0 aliphatic rings. The van der Waals surface area contributed by atoms with Gasteiger partial charge in [-0.05, 0) is 85.3 Å². The zero-order valence-electron chi connectivity index (χ0n) is 19.0. The van der Waals surface area contributed by atoms with Crippen molar-refractivity contribution in [1.82, 2.24) is 0 Å². The van der Waals surface area contributed by atoms with E-state index in [0.29, 0.717) is 0 Å². The van der Waals surface area contributed by atoms with Gasteiger partial charge >= 0.3 is 0 Å². The maximum atomic E-state index is 10.1. The number of aliphatic imine (C=N–C) groups is 2. The summed E-state index contributed by atoms with van der Waals surface area (Å²) in [7, 11) is 0. The number of rotatable bonds is 10. The van der Waals surface area contributed by atoms with E-state index in [1.807, 2.05) is 48.5 Å². The molecule has 0 amide bonds. The van der Waals surface area contributed by atoms with Gasteiger partial charge in [-0.25, -0.2) is 0 Å². The minimum absolute atomic E-state index is 0.233. The van der Waals surface area contributed by atoms with Gasteiger partial charge in [0.25, 0.3) is 0 Å². The number of aryl methyl sites for hydroxylation is 2. The molecular weight excluding hydrogens is 396 g/mol. The topological polar surface area (TPSA) is 65.2 Å². The van der Waals surface area contributed by atoms with E-state index >= 15 is 0 Å². The van der Waals surface area contributed by atoms with Crippen LogP contribution >= 0.6 is 0 Å². The quantitative estimate of drug-likeness (QED) is 0.333. The van der Waals surface area contributed by atoms with Crippen LogP contribution in [0.4, 0.5) is 11.4 Å². The third kappa shape index (κ3) is 6.81. The molecule has 0 aliphatic carbocycles. The second-order valence-electron chi connectivity index (χ2n) is 8.03. The van der Waals surface area contributed by atoms with Crippen LogP contribution in [-0.4, -0.2) is 22.6 Å². The van der Waals surface area contributed by atoms with Crippen LogP contribution in [0.3, 0.4) is 0 Å². The standard InChI is InChI=1S/C28H32N2O2/c1-3-5-7-21-9-15-27(31)23(17-21)19-29-25-11-13-26(14-12-25)30-20-24-18-22(8-6-4-2)10-16-28(24)32/h9-20,31-32H,3-8H2,1-2H3. The fourth-order valence-corrected chi connectivity index (χ4v) is 3.40. The van der Waals surface area contributed by atoms with E-state index in [0.717, 1.165) is 61.0 Å². The highest BCUT2D eigenvalue weighted by Crippen LogP contribution is 2.23. The Morgan fingerprint density at radius 3 is 1.41 bits per heavy atom. The number of phenols is 2. The molecule has 3 rings (SSSR count). The second kappa shape index (κ2) is 11.8. The lowest BCUT2D eigenvalue weighted by Crippen LogP contribution is -1.89. The second-order valence-corrected chi connectivity index (χ2v) is 8.03. The number of benzene rings is 3. The summed E-state index contributed by atoms with van der Waals surface area (Å²) >= 11 is 0. The molecule has 0 saturated heterocycles. The summed E-state index contributed by atoms with van der Waals surface area (Å²) < 4.78 is 0. The van der Waals surface area contributed by atoms with Gasteiger partial charge in [0.05, 0.1) is 11.4 Å². The van der Waals surface area contributed by atoms with E-state index < -0.39 is 0 Å². The Bertz CT molecular complexity index is 983.